The van der Waals surface area contributed by atoms with E-state index >= 15 is 0 Å². The number of hydrogen-bond donors (Lipinski definition) is 3. The van der Waals surface area contributed by atoms with Crippen molar-refractivity contribution in [1.82, 2.24) is 5.32 Å². The molecule has 0 aromatic carbocycles. The highest BCUT2D eigenvalue weighted by atomic mass is 16.5. The minimum Gasteiger partial charge on any atom is -0.480 e. The van der Waals surface area contributed by atoms with Crippen molar-refractivity contribution in [2.24, 2.45) is 11.7 Å². The molecule has 82 valence electrons. The molecule has 1 aliphatic rings. The van der Waals surface area contributed by atoms with Crippen LogP contribution in [-0.2, 0) is 9.53 Å². The van der Waals surface area contributed by atoms with Gasteiger partial charge in [0.25, 0.3) is 0 Å². The number of nitrogens with two attached hydrogens (primary N) is 1. The third kappa shape index (κ3) is 4.04. The first-order valence-corrected chi connectivity index (χ1v) is 4.97. The van der Waals surface area contributed by atoms with Crippen molar-refractivity contribution in [3.8, 4) is 0 Å². The lowest BCUT2D eigenvalue weighted by Crippen LogP contribution is -2.42. The van der Waals surface area contributed by atoms with Gasteiger partial charge in [-0.05, 0) is 18.8 Å². The monoisotopic (exact) mass is 202 g/mol. The van der Waals surface area contributed by atoms with E-state index in [9.17, 15) is 4.79 Å². The van der Waals surface area contributed by atoms with Crippen LogP contribution in [0.1, 0.15) is 12.8 Å². The van der Waals surface area contributed by atoms with Crippen LogP contribution in [0.2, 0.25) is 0 Å². The molecule has 0 aliphatic carbocycles. The molecule has 2 atom stereocenters. The van der Waals surface area contributed by atoms with Gasteiger partial charge < -0.3 is 20.9 Å². The number of nitrogens with one attached hydrogen (secondary N) is 1. The molecule has 0 aromatic heterocycles. The zero-order valence-corrected chi connectivity index (χ0v) is 8.24. The summed E-state index contributed by atoms with van der Waals surface area (Å²) >= 11 is 0. The van der Waals surface area contributed by atoms with Crippen molar-refractivity contribution in [3.63, 3.8) is 0 Å². The molecule has 0 spiro atoms. The van der Waals surface area contributed by atoms with Crippen LogP contribution in [0.5, 0.6) is 0 Å². The second-order valence-electron chi connectivity index (χ2n) is 3.69. The quantitative estimate of drug-likeness (QED) is 0.555. The fourth-order valence-corrected chi connectivity index (χ4v) is 1.50. The highest BCUT2D eigenvalue weighted by molar-refractivity contribution is 5.73. The molecule has 2 unspecified atom stereocenters. The molecule has 0 bridgehead atoms. The number of rotatable bonds is 5. The normalized spacial score (nSPS) is 24.5. The number of carboxylic acid groups (broad SMARTS) is 1. The summed E-state index contributed by atoms with van der Waals surface area (Å²) in [7, 11) is 0. The number of carbonyl (C=O) groups is 1. The predicted molar refractivity (Wildman–Crippen MR) is 52.0 cm³/mol. The minimum atomic E-state index is -0.961. The maximum Gasteiger partial charge on any atom is 0.321 e. The molecule has 0 saturated carbocycles. The third-order valence-corrected chi connectivity index (χ3v) is 2.37. The van der Waals surface area contributed by atoms with Crippen LogP contribution in [0, 0.1) is 5.92 Å². The van der Waals surface area contributed by atoms with Crippen LogP contribution in [0.25, 0.3) is 0 Å². The van der Waals surface area contributed by atoms with E-state index in [1.165, 1.54) is 0 Å². The molecule has 4 N–H and O–H groups in total. The first-order chi connectivity index (χ1) is 6.70. The molecular formula is C9H18N2O3. The Morgan fingerprint density at radius 3 is 3.07 bits per heavy atom. The fourth-order valence-electron chi connectivity index (χ4n) is 1.50. The van der Waals surface area contributed by atoms with E-state index in [-0.39, 0.29) is 0 Å². The molecule has 1 heterocycles. The zero-order valence-electron chi connectivity index (χ0n) is 8.24. The molecule has 1 fully saturated rings. The zero-order chi connectivity index (χ0) is 10.4. The lowest BCUT2D eigenvalue weighted by atomic mass is 10.0. The average molecular weight is 202 g/mol. The fraction of sp³-hybridized carbons (Fsp3) is 0.889. The van der Waals surface area contributed by atoms with E-state index in [0.29, 0.717) is 12.5 Å². The number of hydrogen-bond acceptors (Lipinski definition) is 4. The van der Waals surface area contributed by atoms with E-state index in [1.807, 2.05) is 0 Å². The lowest BCUT2D eigenvalue weighted by Gasteiger charge is -2.22. The molecule has 1 aliphatic heterocycles. The van der Waals surface area contributed by atoms with Gasteiger partial charge in [0, 0.05) is 19.7 Å². The number of aliphatic carboxylic acids is 1. The summed E-state index contributed by atoms with van der Waals surface area (Å²) in [4.78, 5) is 10.4. The summed E-state index contributed by atoms with van der Waals surface area (Å²) in [6.07, 6.45) is 2.24. The molecule has 0 aromatic rings. The SMILES string of the molecule is NC(CNCC1CCCOC1)C(=O)O. The Morgan fingerprint density at radius 2 is 2.50 bits per heavy atom. The molecule has 5 nitrogen and oxygen atoms in total. The van der Waals surface area contributed by atoms with E-state index < -0.39 is 12.0 Å². The van der Waals surface area contributed by atoms with Gasteiger partial charge in [0.2, 0.25) is 0 Å². The second kappa shape index (κ2) is 5.95. The second-order valence-corrected chi connectivity index (χ2v) is 3.69. The molecule has 0 radical (unpaired) electrons. The Kier molecular flexibility index (Phi) is 4.86. The van der Waals surface area contributed by atoms with Gasteiger partial charge >= 0.3 is 5.97 Å². The minimum absolute atomic E-state index is 0.325. The van der Waals surface area contributed by atoms with Gasteiger partial charge in [-0.1, -0.05) is 0 Å². The van der Waals surface area contributed by atoms with Crippen LogP contribution in [0.15, 0.2) is 0 Å². The Balaban J connectivity index is 2.05. The van der Waals surface area contributed by atoms with Gasteiger partial charge in [-0.15, -0.1) is 0 Å². The topological polar surface area (TPSA) is 84.6 Å². The van der Waals surface area contributed by atoms with Gasteiger partial charge in [0.15, 0.2) is 0 Å². The van der Waals surface area contributed by atoms with Crippen LogP contribution >= 0.6 is 0 Å². The van der Waals surface area contributed by atoms with Gasteiger partial charge in [0.1, 0.15) is 6.04 Å². The van der Waals surface area contributed by atoms with Crippen LogP contribution < -0.4 is 11.1 Å². The van der Waals surface area contributed by atoms with Gasteiger partial charge in [-0.3, -0.25) is 4.79 Å². The molecule has 1 rings (SSSR count). The van der Waals surface area contributed by atoms with E-state index in [2.05, 4.69) is 5.32 Å². The third-order valence-electron chi connectivity index (χ3n) is 2.37. The van der Waals surface area contributed by atoms with Gasteiger partial charge in [0.05, 0.1) is 6.61 Å². The van der Waals surface area contributed by atoms with Crippen molar-refractivity contribution in [2.75, 3.05) is 26.3 Å². The van der Waals surface area contributed by atoms with Crippen LogP contribution in [0.4, 0.5) is 0 Å². The number of ether oxygens (including phenoxy) is 1. The number of carboxylic acids is 1. The molecule has 5 heteroatoms. The Bertz CT molecular complexity index is 181. The summed E-state index contributed by atoms with van der Waals surface area (Å²) < 4.78 is 5.30. The molecule has 1 saturated heterocycles. The molecule has 14 heavy (non-hydrogen) atoms. The predicted octanol–water partition coefficient (Wildman–Crippen LogP) is -0.586. The van der Waals surface area contributed by atoms with Crippen molar-refractivity contribution in [1.29, 1.82) is 0 Å². The van der Waals surface area contributed by atoms with E-state index in [0.717, 1.165) is 32.6 Å². The lowest BCUT2D eigenvalue weighted by molar-refractivity contribution is -0.138. The maximum atomic E-state index is 10.4. The average Bonchev–Trinajstić information content (AvgIpc) is 2.19. The first kappa shape index (κ1) is 11.4. The summed E-state index contributed by atoms with van der Waals surface area (Å²) in [6.45, 7) is 2.74. The maximum absolute atomic E-state index is 10.4. The van der Waals surface area contributed by atoms with Crippen molar-refractivity contribution >= 4 is 5.97 Å². The smallest absolute Gasteiger partial charge is 0.321 e. The van der Waals surface area contributed by atoms with Crippen LogP contribution in [0.3, 0.4) is 0 Å². The van der Waals surface area contributed by atoms with Crippen molar-refractivity contribution in [3.05, 3.63) is 0 Å². The summed E-state index contributed by atoms with van der Waals surface area (Å²) in [5.74, 6) is -0.456. The summed E-state index contributed by atoms with van der Waals surface area (Å²) in [5, 5.41) is 11.6. The van der Waals surface area contributed by atoms with Gasteiger partial charge in [-0.25, -0.2) is 0 Å². The Morgan fingerprint density at radius 1 is 1.71 bits per heavy atom. The van der Waals surface area contributed by atoms with Crippen LogP contribution in [-0.4, -0.2) is 43.4 Å². The Labute approximate surface area is 83.6 Å². The first-order valence-electron chi connectivity index (χ1n) is 4.97. The summed E-state index contributed by atoms with van der Waals surface area (Å²) in [6, 6.07) is -0.806. The van der Waals surface area contributed by atoms with Crippen molar-refractivity contribution < 1.29 is 14.6 Å². The highest BCUT2D eigenvalue weighted by Gasteiger charge is 2.15. The van der Waals surface area contributed by atoms with Gasteiger partial charge in [-0.2, -0.15) is 0 Å². The largest absolute Gasteiger partial charge is 0.480 e. The highest BCUT2D eigenvalue weighted by Crippen LogP contribution is 2.11. The van der Waals surface area contributed by atoms with E-state index in [4.69, 9.17) is 15.6 Å². The standard InChI is InChI=1S/C9H18N2O3/c10-8(9(12)13)5-11-4-7-2-1-3-14-6-7/h7-8,11H,1-6,10H2,(H,12,13). The van der Waals surface area contributed by atoms with Crippen molar-refractivity contribution in [2.45, 2.75) is 18.9 Å². The Hall–Kier alpha value is -0.650. The molecule has 0 amide bonds. The molecular weight excluding hydrogens is 184 g/mol. The summed E-state index contributed by atoms with van der Waals surface area (Å²) in [5.41, 5.74) is 5.34. The van der Waals surface area contributed by atoms with E-state index in [1.54, 1.807) is 0 Å².